The first-order valence-electron chi connectivity index (χ1n) is 46.9. The number of aliphatic hydroxyl groups is 4. The molecule has 2 aliphatic heterocycles. The van der Waals surface area contributed by atoms with Crippen molar-refractivity contribution in [3.63, 3.8) is 0 Å². The molecule has 13 N–H and O–H groups in total. The van der Waals surface area contributed by atoms with E-state index in [0.29, 0.717) is 104 Å². The van der Waals surface area contributed by atoms with Gasteiger partial charge in [-0.1, -0.05) is 109 Å². The first-order chi connectivity index (χ1) is 72.1. The number of piperazine rings is 2. The molecule has 2 saturated heterocycles. The van der Waals surface area contributed by atoms with Crippen LogP contribution in [0.25, 0.3) is 43.1 Å². The Morgan fingerprint density at radius 1 is 0.413 bits per heavy atom. The normalized spacial score (nSPS) is 14.1. The van der Waals surface area contributed by atoms with Gasteiger partial charge in [0.25, 0.3) is 0 Å². The number of halogens is 10. The third-order valence-corrected chi connectivity index (χ3v) is 23.8. The summed E-state index contributed by atoms with van der Waals surface area (Å²) in [5.41, 5.74) is 11.4. The molecule has 0 bridgehead atoms. The molecule has 14 rings (SSSR count). The number of hydrogen-bond acceptors (Lipinski definition) is 30. The smallest absolute Gasteiger partial charge is 0.414 e. The molecule has 38 nitrogen and oxygen atoms in total. The molecule has 8 aromatic carbocycles. The van der Waals surface area contributed by atoms with Gasteiger partial charge in [-0.3, -0.25) is 69.8 Å². The first-order valence-corrected chi connectivity index (χ1v) is 47.3. The largest absolute Gasteiger partial charge is 0.447 e. The van der Waals surface area contributed by atoms with E-state index in [2.05, 4.69) is 68.2 Å². The molecule has 48 heteroatoms. The fourth-order valence-corrected chi connectivity index (χ4v) is 16.2. The number of aldehydes is 2. The van der Waals surface area contributed by atoms with Gasteiger partial charge >= 0.3 is 18.3 Å². The highest BCUT2D eigenvalue weighted by molar-refractivity contribution is 6.31. The predicted molar refractivity (Wildman–Crippen MR) is 533 cm³/mol. The lowest BCUT2D eigenvalue weighted by atomic mass is 10.1. The van der Waals surface area contributed by atoms with Gasteiger partial charge in [-0.25, -0.2) is 100 Å². The minimum atomic E-state index is -1.26. The lowest BCUT2D eigenvalue weighted by Crippen LogP contribution is -2.62. The van der Waals surface area contributed by atoms with Crippen LogP contribution in [0, 0.1) is 52.4 Å². The molecule has 0 saturated carbocycles. The van der Waals surface area contributed by atoms with E-state index in [1.54, 1.807) is 30.6 Å². The molecule has 8 amide bonds. The van der Waals surface area contributed by atoms with Gasteiger partial charge in [-0.05, 0) is 112 Å². The summed E-state index contributed by atoms with van der Waals surface area (Å²) in [6.45, 7) is 6.64. The average Bonchev–Trinajstić information content (AvgIpc) is 0.793. The zero-order valence-corrected chi connectivity index (χ0v) is 82.1. The topological polar surface area (TPSA) is 471 Å². The van der Waals surface area contributed by atoms with Gasteiger partial charge < -0.3 is 54.9 Å². The molecule has 0 aliphatic carbocycles. The van der Waals surface area contributed by atoms with E-state index in [0.717, 1.165) is 54.8 Å². The third-order valence-electron chi connectivity index (χ3n) is 23.4. The number of carbonyl (C=O) groups is 10. The number of hydroxylamine groups is 1. The Morgan fingerprint density at radius 3 is 1.16 bits per heavy atom. The van der Waals surface area contributed by atoms with Crippen LogP contribution < -0.4 is 53.4 Å². The SMILES string of the molecule is CC(=O)N(NCc1cccc(F)c1Cl)[C@@H](CC=O)C(OC(=O)Nc1cc2ccccc2cn1)N1CCNCC1.CC(=O)N(NCc1cccc(F)c1F)[C@@H](CC=O)C(ON(C=O)c1cc2ccccc2cn1)N1CCNCC1.CC(=O)N(NCc1cccc(F)c1F)[C@H](COC(=O)Nc1cc2cc(F)ccc2cn1)C[C@@H](O)CO.CC(=O)N(NCc1cccc(F)c1F)[C@H](COC(=O)Nc1cc2cc(F)ccc2cn1)C[C@H](O)CO. The lowest BCUT2D eigenvalue weighted by molar-refractivity contribution is -0.159. The third kappa shape index (κ3) is 33.5. The van der Waals surface area contributed by atoms with Crippen LogP contribution in [0.3, 0.4) is 0 Å². The number of ether oxygens (including phenoxy) is 3. The van der Waals surface area contributed by atoms with Crippen LogP contribution in [0.15, 0.2) is 207 Å². The lowest BCUT2D eigenvalue weighted by Gasteiger charge is -2.43. The number of rotatable bonds is 42. The number of hydrogen-bond donors (Lipinski definition) is 13. The van der Waals surface area contributed by atoms with Crippen molar-refractivity contribution in [3.8, 4) is 0 Å². The second-order valence-electron chi connectivity index (χ2n) is 33.9. The molecule has 6 heterocycles. The van der Waals surface area contributed by atoms with E-state index < -0.39 is 170 Å². The Balaban J connectivity index is 0.000000190. The zero-order valence-electron chi connectivity index (χ0n) is 81.3. The van der Waals surface area contributed by atoms with E-state index in [4.69, 9.17) is 30.6 Å². The maximum atomic E-state index is 14.3. The van der Waals surface area contributed by atoms with Gasteiger partial charge in [-0.2, -0.15) is 5.06 Å². The Morgan fingerprint density at radius 2 is 0.760 bits per heavy atom. The van der Waals surface area contributed by atoms with Crippen LogP contribution in [-0.4, -0.2) is 259 Å². The quantitative estimate of drug-likeness (QED) is 0.00731. The fraction of sp³-hybridized carbons (Fsp3) is 0.314. The van der Waals surface area contributed by atoms with Gasteiger partial charge in [0.1, 0.15) is 66.7 Å². The minimum absolute atomic E-state index is 0.000579. The second kappa shape index (κ2) is 57.5. The molecule has 2 aliphatic rings. The summed E-state index contributed by atoms with van der Waals surface area (Å²) in [5, 5.41) is 63.4. The molecule has 0 spiro atoms. The number of aromatic nitrogens is 4. The van der Waals surface area contributed by atoms with E-state index >= 15 is 0 Å². The standard InChI is InChI=1S/C27H30ClFN6O4.C27H30F2N6O4.2C24H25F3N4O5/c1-18(37)35(32-17-21-7-4-8-22(29)25(21)28)23(9-14-36)26(34-12-10-30-11-13-34)39-27(38)33-24-15-19-5-2-3-6-20(19)16-31-24;1-19(38)35(32-17-22-7-4-8-23(28)26(22)29)24(9-14-36)27(33-12-10-30-11-13-33)39-34(18-37)25-15-20-5-2-3-6-21(20)16-31-25;2*1-14(33)31(29-11-16-3-2-4-21(26)23(16)27)19(9-20(34)12-32)13-36-24(35)30-22-8-17-7-18(25)6-5-15(17)10-28-22/h2-8,14-16,23,26,30,32H,9-13,17H2,1H3,(H,31,33,38);2-8,14-16,18,24,27,30,32H,9-13,17H2,1H3;2*2-8,10,19-20,29,32,34H,9,11-13H2,1H3,(H,28,30,35)/t23-,26?;24-,27?;19-,20+;19-,20-/m0000/s1. The van der Waals surface area contributed by atoms with Crippen LogP contribution in [0.4, 0.5) is 77.2 Å². The van der Waals surface area contributed by atoms with Crippen LogP contribution in [-0.2, 0) is 78.8 Å². The highest BCUT2D eigenvalue weighted by Crippen LogP contribution is 2.30. The summed E-state index contributed by atoms with van der Waals surface area (Å²) in [7, 11) is 0. The van der Waals surface area contributed by atoms with Gasteiger partial charge in [0.2, 0.25) is 30.0 Å². The number of nitrogens with one attached hydrogen (secondary N) is 9. The number of benzene rings is 8. The summed E-state index contributed by atoms with van der Waals surface area (Å²) < 4.78 is 140. The van der Waals surface area contributed by atoms with E-state index in [1.165, 1.54) is 147 Å². The van der Waals surface area contributed by atoms with Crippen LogP contribution >= 0.6 is 11.6 Å². The zero-order chi connectivity index (χ0) is 108. The Labute approximate surface area is 858 Å². The average molecular weight is 2110 g/mol. The number of nitrogens with zero attached hydrogens (tertiary/aromatic N) is 11. The van der Waals surface area contributed by atoms with Crippen molar-refractivity contribution in [1.82, 2.24) is 82.1 Å². The first kappa shape index (κ1) is 115. The number of amides is 8. The van der Waals surface area contributed by atoms with Crippen LogP contribution in [0.5, 0.6) is 0 Å². The van der Waals surface area contributed by atoms with Crippen molar-refractivity contribution in [2.45, 2.75) is 128 Å². The van der Waals surface area contributed by atoms with Gasteiger partial charge in [0.05, 0.1) is 48.6 Å². The van der Waals surface area contributed by atoms with Crippen molar-refractivity contribution in [2.75, 3.05) is 99.8 Å². The van der Waals surface area contributed by atoms with Crippen molar-refractivity contribution in [2.24, 2.45) is 0 Å². The van der Waals surface area contributed by atoms with Crippen molar-refractivity contribution < 1.29 is 127 Å². The molecular weight excluding hydrogens is 2000 g/mol. The van der Waals surface area contributed by atoms with Crippen LogP contribution in [0.1, 0.15) is 75.6 Å². The van der Waals surface area contributed by atoms with Crippen molar-refractivity contribution in [3.05, 3.63) is 286 Å². The van der Waals surface area contributed by atoms with Gasteiger partial charge in [-0.15, -0.1) is 0 Å². The summed E-state index contributed by atoms with van der Waals surface area (Å²) in [4.78, 5) is 150. The molecule has 150 heavy (non-hydrogen) atoms. The summed E-state index contributed by atoms with van der Waals surface area (Å²) >= 11 is 6.09. The summed E-state index contributed by atoms with van der Waals surface area (Å²) in [5.74, 6) is -9.16. The number of anilines is 4. The summed E-state index contributed by atoms with van der Waals surface area (Å²) in [6, 6.07) is 41.1. The number of hydrazine groups is 4. The molecule has 2 fully saturated rings. The Kier molecular flexibility index (Phi) is 44.2. The summed E-state index contributed by atoms with van der Waals surface area (Å²) in [6.07, 6.45) is 0.113. The van der Waals surface area contributed by atoms with Crippen molar-refractivity contribution in [1.29, 1.82) is 0 Å². The minimum Gasteiger partial charge on any atom is -0.447 e. The van der Waals surface area contributed by atoms with E-state index in [-0.39, 0.29) is 91.0 Å². The molecule has 796 valence electrons. The van der Waals surface area contributed by atoms with E-state index in [9.17, 15) is 108 Å². The predicted octanol–water partition coefficient (Wildman–Crippen LogP) is 11.2. The number of fused-ring (bicyclic) bond motifs is 4. The maximum Gasteiger partial charge on any atom is 0.414 e. The Bertz CT molecular complexity index is 6460. The Hall–Kier alpha value is -15.0. The fourth-order valence-electron chi connectivity index (χ4n) is 16.0. The monoisotopic (exact) mass is 2110 g/mol. The molecule has 4 aromatic heterocycles. The second-order valence-corrected chi connectivity index (χ2v) is 34.3. The maximum absolute atomic E-state index is 14.3. The molecule has 12 aromatic rings. The number of carbonyl (C=O) groups excluding carboxylic acids is 10. The van der Waals surface area contributed by atoms with E-state index in [1.807, 2.05) is 58.3 Å². The highest BCUT2D eigenvalue weighted by Gasteiger charge is 2.41. The van der Waals surface area contributed by atoms with Crippen molar-refractivity contribution >= 4 is 139 Å². The highest BCUT2D eigenvalue weighted by atomic mass is 35.5. The van der Waals surface area contributed by atoms with Gasteiger partial charge in [0.15, 0.2) is 53.2 Å². The number of aliphatic hydroxyl groups excluding tert-OH is 4. The number of pyridine rings is 4. The van der Waals surface area contributed by atoms with Crippen LogP contribution in [0.2, 0.25) is 5.02 Å². The molecular formula is C102H110ClF9N20O18. The molecule has 2 unspecified atom stereocenters. The molecule has 8 atom stereocenters. The molecule has 0 radical (unpaired) electrons. The van der Waals surface area contributed by atoms with Gasteiger partial charge in [0, 0.05) is 195 Å².